The third-order valence-electron chi connectivity index (χ3n) is 5.98. The third kappa shape index (κ3) is 4.83. The summed E-state index contributed by atoms with van der Waals surface area (Å²) in [4.78, 5) is 25.7. The van der Waals surface area contributed by atoms with Crippen LogP contribution in [-0.4, -0.2) is 33.9 Å². The summed E-state index contributed by atoms with van der Waals surface area (Å²) in [7, 11) is 0. The first-order valence-electron chi connectivity index (χ1n) is 11.2. The van der Waals surface area contributed by atoms with Crippen LogP contribution in [0.25, 0.3) is 22.2 Å². The molecule has 4 aromatic rings. The number of halogens is 2. The third-order valence-corrected chi connectivity index (χ3v) is 6.88. The van der Waals surface area contributed by atoms with E-state index in [0.29, 0.717) is 27.5 Å². The lowest BCUT2D eigenvalue weighted by molar-refractivity contribution is 0.0175. The van der Waals surface area contributed by atoms with Gasteiger partial charge >= 0.3 is 0 Å². The molecule has 1 N–H and O–H groups in total. The molecule has 0 unspecified atom stereocenters. The number of thiazole rings is 1. The molecule has 8 heteroatoms. The van der Waals surface area contributed by atoms with Gasteiger partial charge in [-0.3, -0.25) is 15.0 Å². The van der Waals surface area contributed by atoms with Crippen molar-refractivity contribution < 1.29 is 13.6 Å². The zero-order valence-electron chi connectivity index (χ0n) is 18.7. The summed E-state index contributed by atoms with van der Waals surface area (Å²) in [5, 5.41) is 4.23. The number of rotatable bonds is 6. The van der Waals surface area contributed by atoms with Crippen molar-refractivity contribution in [3.8, 4) is 11.3 Å². The van der Waals surface area contributed by atoms with Gasteiger partial charge in [-0.1, -0.05) is 36.4 Å². The summed E-state index contributed by atoms with van der Waals surface area (Å²) >= 11 is 1.48. The maximum Gasteiger partial charge on any atom is 0.270 e. The molecule has 34 heavy (non-hydrogen) atoms. The number of para-hydroxylation sites is 1. The second kappa shape index (κ2) is 9.19. The van der Waals surface area contributed by atoms with Crippen molar-refractivity contribution >= 4 is 33.3 Å². The van der Waals surface area contributed by atoms with Crippen molar-refractivity contribution in [3.05, 3.63) is 76.8 Å². The summed E-state index contributed by atoms with van der Waals surface area (Å²) in [5.74, 6) is -3.25. The Morgan fingerprint density at radius 2 is 1.91 bits per heavy atom. The van der Waals surface area contributed by atoms with Crippen LogP contribution in [0.15, 0.2) is 60.8 Å². The largest absolute Gasteiger partial charge is 0.298 e. The Balaban J connectivity index is 1.41. The van der Waals surface area contributed by atoms with Crippen LogP contribution in [0, 0.1) is 0 Å². The van der Waals surface area contributed by atoms with Crippen LogP contribution in [0.5, 0.6) is 0 Å². The molecular weight excluding hydrogens is 454 g/mol. The van der Waals surface area contributed by atoms with Gasteiger partial charge in [-0.25, -0.2) is 18.7 Å². The number of nitrogens with zero attached hydrogens (tertiary/aromatic N) is 3. The predicted molar refractivity (Wildman–Crippen MR) is 131 cm³/mol. The first-order chi connectivity index (χ1) is 16.4. The van der Waals surface area contributed by atoms with Crippen LogP contribution in [0.2, 0.25) is 0 Å². The number of benzene rings is 2. The van der Waals surface area contributed by atoms with Crippen LogP contribution < -0.4 is 5.32 Å². The van der Waals surface area contributed by atoms with E-state index in [1.165, 1.54) is 36.3 Å². The predicted octanol–water partition coefficient (Wildman–Crippen LogP) is 6.32. The van der Waals surface area contributed by atoms with E-state index in [2.05, 4.69) is 20.2 Å². The topological polar surface area (TPSA) is 58.1 Å². The molecule has 174 valence electrons. The number of anilines is 1. The molecule has 1 saturated heterocycles. The van der Waals surface area contributed by atoms with Crippen molar-refractivity contribution in [1.29, 1.82) is 0 Å². The molecule has 5 nitrogen and oxygen atoms in total. The zero-order chi connectivity index (χ0) is 23.7. The number of fused-ring (bicyclic) bond motifs is 1. The van der Waals surface area contributed by atoms with Gasteiger partial charge in [0.25, 0.3) is 11.8 Å². The average molecular weight is 479 g/mol. The number of hydrogen-bond acceptors (Lipinski definition) is 5. The molecule has 3 heterocycles. The Morgan fingerprint density at radius 1 is 1.12 bits per heavy atom. The first-order valence-corrected chi connectivity index (χ1v) is 12.1. The highest BCUT2D eigenvalue weighted by molar-refractivity contribution is 7.15. The van der Waals surface area contributed by atoms with Crippen LogP contribution >= 0.6 is 11.3 Å². The Hall–Kier alpha value is -3.23. The van der Waals surface area contributed by atoms with Crippen LogP contribution in [0.4, 0.5) is 13.9 Å². The van der Waals surface area contributed by atoms with Crippen molar-refractivity contribution in [2.45, 2.75) is 32.2 Å². The molecular formula is C26H24F2N4OS. The molecule has 0 spiro atoms. The summed E-state index contributed by atoms with van der Waals surface area (Å²) in [6.45, 7) is 3.92. The highest BCUT2D eigenvalue weighted by Gasteiger charge is 2.24. The number of aromatic nitrogens is 2. The lowest BCUT2D eigenvalue weighted by Crippen LogP contribution is -2.17. The molecule has 1 aliphatic rings. The van der Waals surface area contributed by atoms with Gasteiger partial charge in [0.05, 0.1) is 16.8 Å². The fourth-order valence-corrected chi connectivity index (χ4v) is 5.06. The van der Waals surface area contributed by atoms with E-state index in [4.69, 9.17) is 0 Å². The van der Waals surface area contributed by atoms with E-state index in [-0.39, 0.29) is 11.5 Å². The van der Waals surface area contributed by atoms with Crippen molar-refractivity contribution in [2.75, 3.05) is 18.4 Å². The summed E-state index contributed by atoms with van der Waals surface area (Å²) in [6, 6.07) is 15.2. The van der Waals surface area contributed by atoms with Crippen LogP contribution in [0.1, 0.15) is 40.6 Å². The monoisotopic (exact) mass is 478 g/mol. The van der Waals surface area contributed by atoms with Gasteiger partial charge in [0.1, 0.15) is 0 Å². The Labute approximate surface area is 200 Å². The van der Waals surface area contributed by atoms with E-state index in [0.717, 1.165) is 36.8 Å². The van der Waals surface area contributed by atoms with Gasteiger partial charge < -0.3 is 0 Å². The number of alkyl halides is 2. The molecule has 1 fully saturated rings. The molecule has 1 amide bonds. The second-order valence-electron chi connectivity index (χ2n) is 8.61. The number of carbonyl (C=O) groups is 1. The highest BCUT2D eigenvalue weighted by atomic mass is 32.1. The summed E-state index contributed by atoms with van der Waals surface area (Å²) < 4.78 is 27.6. The number of likely N-dealkylation sites (tertiary alicyclic amines) is 1. The minimum absolute atomic E-state index is 0.0774. The maximum atomic E-state index is 13.8. The van der Waals surface area contributed by atoms with E-state index in [1.54, 1.807) is 30.3 Å². The Morgan fingerprint density at radius 3 is 2.71 bits per heavy atom. The number of hydrogen-bond donors (Lipinski definition) is 1. The normalized spacial score (nSPS) is 14.6. The molecule has 1 aliphatic heterocycles. The lowest BCUT2D eigenvalue weighted by Gasteiger charge is -2.12. The molecule has 0 atom stereocenters. The van der Waals surface area contributed by atoms with E-state index >= 15 is 0 Å². The molecule has 0 bridgehead atoms. The first kappa shape index (κ1) is 22.6. The van der Waals surface area contributed by atoms with Crippen molar-refractivity contribution in [2.24, 2.45) is 0 Å². The van der Waals surface area contributed by atoms with Gasteiger partial charge in [0.15, 0.2) is 5.13 Å². The molecule has 0 radical (unpaired) electrons. The van der Waals surface area contributed by atoms with E-state index in [1.807, 2.05) is 18.3 Å². The quantitative estimate of drug-likeness (QED) is 0.352. The zero-order valence-corrected chi connectivity index (χ0v) is 19.5. The fraction of sp³-hybridized carbons (Fsp3) is 0.269. The molecule has 0 aliphatic carbocycles. The number of pyridine rings is 1. The van der Waals surface area contributed by atoms with Crippen molar-refractivity contribution in [1.82, 2.24) is 14.9 Å². The van der Waals surface area contributed by atoms with Crippen LogP contribution in [0.3, 0.4) is 0 Å². The van der Waals surface area contributed by atoms with Crippen molar-refractivity contribution in [3.63, 3.8) is 0 Å². The number of amides is 1. The summed E-state index contributed by atoms with van der Waals surface area (Å²) in [5.41, 5.74) is 1.95. The SMILES string of the molecule is CC(F)(F)c1cccc(-c2ccc3cccc(C(=O)Nc4ncc(CN5CCCC5)s4)c3n2)c1. The Bertz CT molecular complexity index is 1340. The maximum absolute atomic E-state index is 13.8. The molecule has 2 aromatic carbocycles. The van der Waals surface area contributed by atoms with Gasteiger partial charge in [-0.05, 0) is 44.1 Å². The number of carbonyl (C=O) groups excluding carboxylic acids is 1. The lowest BCUT2D eigenvalue weighted by atomic mass is 10.0. The minimum atomic E-state index is -2.95. The Kier molecular flexibility index (Phi) is 6.10. The van der Waals surface area contributed by atoms with Crippen LogP contribution in [-0.2, 0) is 12.5 Å². The van der Waals surface area contributed by atoms with Gasteiger partial charge in [0, 0.05) is 41.1 Å². The highest BCUT2D eigenvalue weighted by Crippen LogP contribution is 2.31. The fourth-order valence-electron chi connectivity index (χ4n) is 4.21. The van der Waals surface area contributed by atoms with Gasteiger partial charge in [-0.15, -0.1) is 11.3 Å². The molecule has 5 rings (SSSR count). The standard InChI is InChI=1S/C26H24F2N4OS/c1-26(27,28)19-8-4-7-18(14-19)22-11-10-17-6-5-9-21(23(17)30-22)24(33)31-25-29-15-20(34-25)16-32-12-2-3-13-32/h4-11,14-15H,2-3,12-13,16H2,1H3,(H,29,31,33). The van der Waals surface area contributed by atoms with E-state index < -0.39 is 5.92 Å². The number of nitrogens with one attached hydrogen (secondary N) is 1. The minimum Gasteiger partial charge on any atom is -0.298 e. The average Bonchev–Trinajstić information content (AvgIpc) is 3.50. The van der Waals surface area contributed by atoms with Gasteiger partial charge in [0.2, 0.25) is 0 Å². The summed E-state index contributed by atoms with van der Waals surface area (Å²) in [6.07, 6.45) is 4.27. The molecule has 0 saturated carbocycles. The smallest absolute Gasteiger partial charge is 0.270 e. The second-order valence-corrected chi connectivity index (χ2v) is 9.73. The molecule has 2 aromatic heterocycles. The van der Waals surface area contributed by atoms with E-state index in [9.17, 15) is 13.6 Å². The van der Waals surface area contributed by atoms with Gasteiger partial charge in [-0.2, -0.15) is 0 Å².